The predicted octanol–water partition coefficient (Wildman–Crippen LogP) is 0.534. The third-order valence-corrected chi connectivity index (χ3v) is 3.70. The molecule has 2 rings (SSSR count). The number of carbonyl (C=O) groups is 2. The molecule has 8 nitrogen and oxygen atoms in total. The molecule has 1 unspecified atom stereocenters. The Morgan fingerprint density at radius 3 is 2.79 bits per heavy atom. The number of aliphatic carboxylic acids is 1. The van der Waals surface area contributed by atoms with Crippen molar-refractivity contribution in [2.75, 3.05) is 18.4 Å². The van der Waals surface area contributed by atoms with Crippen molar-refractivity contribution in [1.29, 1.82) is 0 Å². The highest BCUT2D eigenvalue weighted by Gasteiger charge is 2.44. The molecule has 0 aromatic carbocycles. The maximum absolute atomic E-state index is 12.0. The third-order valence-electron chi connectivity index (χ3n) is 3.70. The predicted molar refractivity (Wildman–Crippen MR) is 66.6 cm³/mol. The Labute approximate surface area is 110 Å². The van der Waals surface area contributed by atoms with E-state index in [1.165, 1.54) is 15.9 Å². The Kier molecular flexibility index (Phi) is 3.41. The maximum atomic E-state index is 12.0. The number of rotatable bonds is 3. The van der Waals surface area contributed by atoms with E-state index in [0.29, 0.717) is 25.3 Å². The zero-order chi connectivity index (χ0) is 14.0. The number of hydrogen-bond donors (Lipinski definition) is 2. The van der Waals surface area contributed by atoms with Crippen molar-refractivity contribution in [3.05, 3.63) is 6.33 Å². The molecule has 1 aliphatic heterocycles. The normalized spacial score (nSPS) is 22.5. The Morgan fingerprint density at radius 2 is 2.32 bits per heavy atom. The molecule has 1 aliphatic rings. The lowest BCUT2D eigenvalue weighted by Crippen LogP contribution is -2.38. The summed E-state index contributed by atoms with van der Waals surface area (Å²) in [7, 11) is 1.67. The average molecular weight is 267 g/mol. The van der Waals surface area contributed by atoms with Crippen LogP contribution in [-0.4, -0.2) is 49.9 Å². The zero-order valence-corrected chi connectivity index (χ0v) is 11.0. The molecule has 2 heterocycles. The summed E-state index contributed by atoms with van der Waals surface area (Å²) in [5.74, 6) is -0.502. The smallest absolute Gasteiger partial charge is 0.324 e. The number of carboxylic acids is 1. The summed E-state index contributed by atoms with van der Waals surface area (Å²) in [5, 5.41) is 15.7. The molecule has 0 spiro atoms. The van der Waals surface area contributed by atoms with Crippen LogP contribution in [0, 0.1) is 5.41 Å². The van der Waals surface area contributed by atoms with Crippen LogP contribution in [0.1, 0.15) is 19.8 Å². The number of nitrogens with one attached hydrogen (secondary N) is 1. The topological polar surface area (TPSA) is 100 Å². The molecule has 8 heteroatoms. The first-order valence-electron chi connectivity index (χ1n) is 6.12. The Hall–Kier alpha value is -2.12. The lowest BCUT2D eigenvalue weighted by molar-refractivity contribution is -0.148. The van der Waals surface area contributed by atoms with Gasteiger partial charge in [-0.05, 0) is 12.8 Å². The van der Waals surface area contributed by atoms with E-state index in [1.807, 2.05) is 6.92 Å². The number of anilines is 1. The van der Waals surface area contributed by atoms with E-state index in [2.05, 4.69) is 15.4 Å². The van der Waals surface area contributed by atoms with Crippen LogP contribution in [0.2, 0.25) is 0 Å². The summed E-state index contributed by atoms with van der Waals surface area (Å²) in [6.07, 6.45) is 2.33. The van der Waals surface area contributed by atoms with Crippen molar-refractivity contribution in [2.45, 2.75) is 19.8 Å². The molecule has 1 atom stereocenters. The SMILES string of the molecule is CCC1(C(=O)O)CCN(C(=O)Nc2ncnn2C)C1. The van der Waals surface area contributed by atoms with E-state index in [-0.39, 0.29) is 12.6 Å². The number of likely N-dealkylation sites (tertiary alicyclic amines) is 1. The summed E-state index contributed by atoms with van der Waals surface area (Å²) >= 11 is 0. The molecule has 1 fully saturated rings. The number of urea groups is 1. The van der Waals surface area contributed by atoms with Gasteiger partial charge in [0.15, 0.2) is 0 Å². The fraction of sp³-hybridized carbons (Fsp3) is 0.636. The highest BCUT2D eigenvalue weighted by molar-refractivity contribution is 5.88. The lowest BCUT2D eigenvalue weighted by Gasteiger charge is -2.23. The second-order valence-corrected chi connectivity index (χ2v) is 4.75. The van der Waals surface area contributed by atoms with Crippen LogP contribution in [0.15, 0.2) is 6.33 Å². The second kappa shape index (κ2) is 4.87. The van der Waals surface area contributed by atoms with Crippen molar-refractivity contribution in [2.24, 2.45) is 12.5 Å². The molecule has 1 aromatic heterocycles. The van der Waals surface area contributed by atoms with Crippen LogP contribution < -0.4 is 5.32 Å². The van der Waals surface area contributed by atoms with Gasteiger partial charge in [0.2, 0.25) is 5.95 Å². The molecular formula is C11H17N5O3. The molecule has 104 valence electrons. The minimum absolute atomic E-state index is 0.225. The van der Waals surface area contributed by atoms with E-state index >= 15 is 0 Å². The van der Waals surface area contributed by atoms with Gasteiger partial charge < -0.3 is 10.0 Å². The molecule has 0 aliphatic carbocycles. The van der Waals surface area contributed by atoms with Gasteiger partial charge in [0.05, 0.1) is 5.41 Å². The number of aromatic nitrogens is 3. The Balaban J connectivity index is 2.03. The van der Waals surface area contributed by atoms with Crippen molar-refractivity contribution in [3.8, 4) is 0 Å². The minimum atomic E-state index is -0.844. The molecule has 1 aromatic rings. The van der Waals surface area contributed by atoms with Crippen LogP contribution in [0.5, 0.6) is 0 Å². The van der Waals surface area contributed by atoms with Crippen molar-refractivity contribution >= 4 is 17.9 Å². The quantitative estimate of drug-likeness (QED) is 0.832. The van der Waals surface area contributed by atoms with E-state index in [9.17, 15) is 14.7 Å². The highest BCUT2D eigenvalue weighted by Crippen LogP contribution is 2.34. The maximum Gasteiger partial charge on any atom is 0.324 e. The summed E-state index contributed by atoms with van der Waals surface area (Å²) in [6, 6.07) is -0.340. The molecular weight excluding hydrogens is 250 g/mol. The molecule has 0 radical (unpaired) electrons. The summed E-state index contributed by atoms with van der Waals surface area (Å²) in [5.41, 5.74) is -0.822. The van der Waals surface area contributed by atoms with Crippen LogP contribution in [0.25, 0.3) is 0 Å². The first-order valence-corrected chi connectivity index (χ1v) is 6.12. The molecule has 2 N–H and O–H groups in total. The van der Waals surface area contributed by atoms with Gasteiger partial charge in [0, 0.05) is 20.1 Å². The zero-order valence-electron chi connectivity index (χ0n) is 11.0. The van der Waals surface area contributed by atoms with Gasteiger partial charge in [-0.2, -0.15) is 10.1 Å². The van der Waals surface area contributed by atoms with Crippen LogP contribution in [0.4, 0.5) is 10.7 Å². The van der Waals surface area contributed by atoms with Gasteiger partial charge in [0.25, 0.3) is 0 Å². The summed E-state index contributed by atoms with van der Waals surface area (Å²) in [6.45, 7) is 2.49. The lowest BCUT2D eigenvalue weighted by atomic mass is 9.84. The van der Waals surface area contributed by atoms with E-state index < -0.39 is 11.4 Å². The Morgan fingerprint density at radius 1 is 1.58 bits per heavy atom. The van der Waals surface area contributed by atoms with E-state index in [1.54, 1.807) is 7.05 Å². The number of hydrogen-bond acceptors (Lipinski definition) is 4. The largest absolute Gasteiger partial charge is 0.481 e. The standard InChI is InChI=1S/C11H17N5O3/c1-3-11(8(17)18)4-5-16(6-11)10(19)14-9-12-7-13-15(9)2/h7H,3-6H2,1-2H3,(H,17,18)(H,12,13,14,19). The van der Waals surface area contributed by atoms with Crippen molar-refractivity contribution < 1.29 is 14.7 Å². The second-order valence-electron chi connectivity index (χ2n) is 4.75. The first-order chi connectivity index (χ1) is 8.98. The monoisotopic (exact) mass is 267 g/mol. The van der Waals surface area contributed by atoms with E-state index in [0.717, 1.165) is 0 Å². The van der Waals surface area contributed by atoms with Crippen LogP contribution in [-0.2, 0) is 11.8 Å². The first kappa shape index (κ1) is 13.3. The highest BCUT2D eigenvalue weighted by atomic mass is 16.4. The van der Waals surface area contributed by atoms with E-state index in [4.69, 9.17) is 0 Å². The minimum Gasteiger partial charge on any atom is -0.481 e. The van der Waals surface area contributed by atoms with Gasteiger partial charge in [0.1, 0.15) is 6.33 Å². The molecule has 0 bridgehead atoms. The fourth-order valence-corrected chi connectivity index (χ4v) is 2.24. The van der Waals surface area contributed by atoms with Crippen LogP contribution in [0.3, 0.4) is 0 Å². The molecule has 2 amide bonds. The molecule has 19 heavy (non-hydrogen) atoms. The van der Waals surface area contributed by atoms with Gasteiger partial charge in [-0.25, -0.2) is 9.48 Å². The number of carbonyl (C=O) groups excluding carboxylic acids is 1. The fourth-order valence-electron chi connectivity index (χ4n) is 2.24. The van der Waals surface area contributed by atoms with Gasteiger partial charge in [-0.15, -0.1) is 0 Å². The van der Waals surface area contributed by atoms with Gasteiger partial charge in [-0.3, -0.25) is 10.1 Å². The van der Waals surface area contributed by atoms with Gasteiger partial charge in [-0.1, -0.05) is 6.92 Å². The molecule has 0 saturated carbocycles. The third kappa shape index (κ3) is 2.38. The summed E-state index contributed by atoms with van der Waals surface area (Å²) < 4.78 is 1.44. The summed E-state index contributed by atoms with van der Waals surface area (Å²) in [4.78, 5) is 28.7. The van der Waals surface area contributed by atoms with Gasteiger partial charge >= 0.3 is 12.0 Å². The molecule has 1 saturated heterocycles. The Bertz CT molecular complexity index is 500. The van der Waals surface area contributed by atoms with Crippen LogP contribution >= 0.6 is 0 Å². The van der Waals surface area contributed by atoms with Crippen molar-refractivity contribution in [3.63, 3.8) is 0 Å². The number of aryl methyl sites for hydroxylation is 1. The number of amides is 2. The number of carboxylic acid groups (broad SMARTS) is 1. The van der Waals surface area contributed by atoms with Crippen molar-refractivity contribution in [1.82, 2.24) is 19.7 Å². The number of nitrogens with zero attached hydrogens (tertiary/aromatic N) is 4. The average Bonchev–Trinajstić information content (AvgIpc) is 2.97.